The fraction of sp³-hybridized carbons (Fsp3) is 0.611. The molecule has 0 heterocycles. The Balaban J connectivity index is 0.00000484. The topological polar surface area (TPSA) is 58.4 Å². The van der Waals surface area contributed by atoms with Crippen LogP contribution in [0.25, 0.3) is 0 Å². The molecule has 1 rings (SSSR count). The molecule has 23 heavy (non-hydrogen) atoms. The number of halogens is 1. The molecule has 1 atom stereocenters. The van der Waals surface area contributed by atoms with Crippen LogP contribution >= 0.6 is 12.4 Å². The minimum Gasteiger partial charge on any atom is -0.350 e. The van der Waals surface area contributed by atoms with E-state index in [-0.39, 0.29) is 18.3 Å². The van der Waals surface area contributed by atoms with E-state index in [1.54, 1.807) is 6.92 Å². The molecule has 1 unspecified atom stereocenters. The fourth-order valence-corrected chi connectivity index (χ4v) is 2.56. The number of rotatable bonds is 9. The highest BCUT2D eigenvalue weighted by molar-refractivity contribution is 5.85. The van der Waals surface area contributed by atoms with E-state index in [9.17, 15) is 4.79 Å². The number of carbonyl (C=O) groups is 1. The number of carbonyl (C=O) groups excluding carboxylic acids is 1. The summed E-state index contributed by atoms with van der Waals surface area (Å²) in [7, 11) is 0. The smallest absolute Gasteiger partial charge is 0.240 e. The van der Waals surface area contributed by atoms with E-state index in [2.05, 4.69) is 36.2 Å². The molecule has 132 valence electrons. The van der Waals surface area contributed by atoms with E-state index in [4.69, 9.17) is 5.73 Å². The van der Waals surface area contributed by atoms with Crippen LogP contribution in [0.2, 0.25) is 0 Å². The average molecular weight is 342 g/mol. The summed E-state index contributed by atoms with van der Waals surface area (Å²) < 4.78 is 0. The van der Waals surface area contributed by atoms with Crippen LogP contribution in [0.1, 0.15) is 51.7 Å². The first-order valence-electron chi connectivity index (χ1n) is 8.30. The molecule has 1 aromatic rings. The monoisotopic (exact) mass is 341 g/mol. The van der Waals surface area contributed by atoms with Gasteiger partial charge in [0.2, 0.25) is 5.91 Å². The minimum absolute atomic E-state index is 0. The highest BCUT2D eigenvalue weighted by atomic mass is 35.5. The summed E-state index contributed by atoms with van der Waals surface area (Å²) in [5, 5.41) is 2.96. The quantitative estimate of drug-likeness (QED) is 0.725. The summed E-state index contributed by atoms with van der Waals surface area (Å²) in [6, 6.07) is 8.38. The Kier molecular flexibility index (Phi) is 10.1. The van der Waals surface area contributed by atoms with Crippen molar-refractivity contribution >= 4 is 18.3 Å². The Labute approximate surface area is 147 Å². The molecule has 3 N–H and O–H groups in total. The number of benzene rings is 1. The number of hydrogen-bond donors (Lipinski definition) is 2. The number of nitrogens with two attached hydrogens (primary N) is 1. The second-order valence-corrected chi connectivity index (χ2v) is 6.13. The highest BCUT2D eigenvalue weighted by Crippen LogP contribution is 2.11. The van der Waals surface area contributed by atoms with E-state index in [1.807, 2.05) is 19.1 Å². The Bertz CT molecular complexity index is 473. The van der Waals surface area contributed by atoms with Gasteiger partial charge in [0, 0.05) is 13.1 Å². The van der Waals surface area contributed by atoms with Gasteiger partial charge in [-0.05, 0) is 37.6 Å². The van der Waals surface area contributed by atoms with E-state index >= 15 is 0 Å². The van der Waals surface area contributed by atoms with Crippen LogP contribution in [0, 0.1) is 0 Å². The van der Waals surface area contributed by atoms with Crippen molar-refractivity contribution in [2.45, 2.75) is 59.2 Å². The van der Waals surface area contributed by atoms with Gasteiger partial charge >= 0.3 is 0 Å². The number of hydrogen-bond acceptors (Lipinski definition) is 3. The first kappa shape index (κ1) is 21.9. The summed E-state index contributed by atoms with van der Waals surface area (Å²) in [5.74, 6) is -0.0801. The molecule has 0 bridgehead atoms. The second-order valence-electron chi connectivity index (χ2n) is 6.13. The molecule has 0 aromatic heterocycles. The molecular weight excluding hydrogens is 310 g/mol. The first-order chi connectivity index (χ1) is 10.4. The maximum Gasteiger partial charge on any atom is 0.240 e. The van der Waals surface area contributed by atoms with E-state index in [0.29, 0.717) is 13.0 Å². The zero-order valence-corrected chi connectivity index (χ0v) is 15.7. The van der Waals surface area contributed by atoms with E-state index in [1.165, 1.54) is 5.56 Å². The number of nitrogens with zero attached hydrogens (tertiary/aromatic N) is 1. The molecule has 0 fully saturated rings. The van der Waals surface area contributed by atoms with Crippen LogP contribution in [0.5, 0.6) is 0 Å². The van der Waals surface area contributed by atoms with Crippen LogP contribution in [0.15, 0.2) is 24.3 Å². The molecule has 0 aliphatic heterocycles. The molecule has 0 aliphatic rings. The van der Waals surface area contributed by atoms with Crippen molar-refractivity contribution < 1.29 is 4.79 Å². The zero-order valence-electron chi connectivity index (χ0n) is 14.9. The number of amides is 1. The lowest BCUT2D eigenvalue weighted by Crippen LogP contribution is -2.51. The first-order valence-corrected chi connectivity index (χ1v) is 8.30. The predicted octanol–water partition coefficient (Wildman–Crippen LogP) is 3.08. The molecule has 0 spiro atoms. The Morgan fingerprint density at radius 2 is 1.83 bits per heavy atom. The van der Waals surface area contributed by atoms with Crippen molar-refractivity contribution in [1.82, 2.24) is 10.2 Å². The SMILES string of the molecule is CCCC(C)(N)C(=O)NCc1cccc(CN(CC)CC)c1.Cl. The van der Waals surface area contributed by atoms with Gasteiger partial charge in [0.05, 0.1) is 5.54 Å². The van der Waals surface area contributed by atoms with Crippen LogP contribution in [-0.2, 0) is 17.9 Å². The third-order valence-electron chi connectivity index (χ3n) is 4.03. The van der Waals surface area contributed by atoms with Gasteiger partial charge in [-0.1, -0.05) is 51.5 Å². The summed E-state index contributed by atoms with van der Waals surface area (Å²) in [6.45, 7) is 11.7. The standard InChI is InChI=1S/C18H31N3O.ClH/c1-5-11-18(4,19)17(22)20-13-15-9-8-10-16(12-15)14-21(6-2)7-3;/h8-10,12H,5-7,11,13-14,19H2,1-4H3,(H,20,22);1H. The van der Waals surface area contributed by atoms with Crippen molar-refractivity contribution in [3.63, 3.8) is 0 Å². The Hall–Kier alpha value is -1.10. The molecule has 0 aliphatic carbocycles. The Morgan fingerprint density at radius 1 is 1.22 bits per heavy atom. The van der Waals surface area contributed by atoms with Gasteiger partial charge in [-0.25, -0.2) is 0 Å². The van der Waals surface area contributed by atoms with Crippen molar-refractivity contribution in [2.24, 2.45) is 5.73 Å². The van der Waals surface area contributed by atoms with Gasteiger partial charge < -0.3 is 11.1 Å². The van der Waals surface area contributed by atoms with E-state index < -0.39 is 5.54 Å². The molecule has 0 saturated heterocycles. The van der Waals surface area contributed by atoms with Crippen molar-refractivity contribution in [1.29, 1.82) is 0 Å². The zero-order chi connectivity index (χ0) is 16.6. The van der Waals surface area contributed by atoms with Crippen LogP contribution in [-0.4, -0.2) is 29.4 Å². The molecular formula is C18H32ClN3O. The maximum atomic E-state index is 12.1. The van der Waals surface area contributed by atoms with Gasteiger partial charge in [0.25, 0.3) is 0 Å². The van der Waals surface area contributed by atoms with Crippen LogP contribution < -0.4 is 11.1 Å². The third kappa shape index (κ3) is 7.34. The van der Waals surface area contributed by atoms with Crippen LogP contribution in [0.3, 0.4) is 0 Å². The lowest BCUT2D eigenvalue weighted by molar-refractivity contribution is -0.126. The average Bonchev–Trinajstić information content (AvgIpc) is 2.50. The normalized spacial score (nSPS) is 13.3. The number of nitrogens with one attached hydrogen (secondary N) is 1. The van der Waals surface area contributed by atoms with Crippen molar-refractivity contribution in [3.05, 3.63) is 35.4 Å². The molecule has 0 saturated carbocycles. The highest BCUT2D eigenvalue weighted by Gasteiger charge is 2.26. The lowest BCUT2D eigenvalue weighted by atomic mass is 9.96. The summed E-state index contributed by atoms with van der Waals surface area (Å²) >= 11 is 0. The summed E-state index contributed by atoms with van der Waals surface area (Å²) in [5.41, 5.74) is 7.66. The molecule has 1 aromatic carbocycles. The molecule has 1 amide bonds. The maximum absolute atomic E-state index is 12.1. The second kappa shape index (κ2) is 10.6. The molecule has 4 nitrogen and oxygen atoms in total. The summed E-state index contributed by atoms with van der Waals surface area (Å²) in [4.78, 5) is 14.5. The van der Waals surface area contributed by atoms with Gasteiger partial charge in [-0.2, -0.15) is 0 Å². The van der Waals surface area contributed by atoms with Crippen molar-refractivity contribution in [3.8, 4) is 0 Å². The lowest BCUT2D eigenvalue weighted by Gasteiger charge is -2.23. The Morgan fingerprint density at radius 3 is 2.39 bits per heavy atom. The third-order valence-corrected chi connectivity index (χ3v) is 4.03. The van der Waals surface area contributed by atoms with Crippen molar-refractivity contribution in [2.75, 3.05) is 13.1 Å². The van der Waals surface area contributed by atoms with Gasteiger partial charge in [0.1, 0.15) is 0 Å². The fourth-order valence-electron chi connectivity index (χ4n) is 2.56. The molecule has 0 radical (unpaired) electrons. The van der Waals surface area contributed by atoms with E-state index in [0.717, 1.165) is 31.6 Å². The largest absolute Gasteiger partial charge is 0.350 e. The summed E-state index contributed by atoms with van der Waals surface area (Å²) in [6.07, 6.45) is 1.60. The molecule has 5 heteroatoms. The van der Waals surface area contributed by atoms with Gasteiger partial charge in [-0.15, -0.1) is 12.4 Å². The van der Waals surface area contributed by atoms with Crippen LogP contribution in [0.4, 0.5) is 0 Å². The minimum atomic E-state index is -0.784. The van der Waals surface area contributed by atoms with Gasteiger partial charge in [-0.3, -0.25) is 9.69 Å². The predicted molar refractivity (Wildman–Crippen MR) is 99.7 cm³/mol. The van der Waals surface area contributed by atoms with Gasteiger partial charge in [0.15, 0.2) is 0 Å².